The normalized spacial score (nSPS) is 39.4. The van der Waals surface area contributed by atoms with Crippen LogP contribution < -0.4 is 0 Å². The van der Waals surface area contributed by atoms with E-state index >= 15 is 0 Å². The van der Waals surface area contributed by atoms with E-state index in [1.165, 1.54) is 44.9 Å². The van der Waals surface area contributed by atoms with Crippen molar-refractivity contribution >= 4 is 7.85 Å². The molecule has 2 aliphatic heterocycles. The Balaban J connectivity index is 1.87. The van der Waals surface area contributed by atoms with E-state index in [9.17, 15) is 0 Å². The predicted molar refractivity (Wildman–Crippen MR) is 93.4 cm³/mol. The van der Waals surface area contributed by atoms with Gasteiger partial charge in [-0.15, -0.1) is 0 Å². The Hall–Kier alpha value is -0.0151. The van der Waals surface area contributed by atoms with E-state index < -0.39 is 0 Å². The minimum atomic E-state index is 0.0338. The van der Waals surface area contributed by atoms with Gasteiger partial charge in [-0.2, -0.15) is 0 Å². The molecule has 22 heavy (non-hydrogen) atoms. The minimum Gasteiger partial charge on any atom is -0.377 e. The summed E-state index contributed by atoms with van der Waals surface area (Å²) >= 11 is 0. The van der Waals surface area contributed by atoms with Gasteiger partial charge in [0.15, 0.2) is 0 Å². The fourth-order valence-corrected chi connectivity index (χ4v) is 5.53. The van der Waals surface area contributed by atoms with Gasteiger partial charge in [0.2, 0.25) is 0 Å². The molecule has 1 spiro atoms. The number of ether oxygens (including phenoxy) is 1. The maximum atomic E-state index is 6.92. The average molecular weight is 303 g/mol. The van der Waals surface area contributed by atoms with E-state index in [1.54, 1.807) is 0 Å². The van der Waals surface area contributed by atoms with Crippen molar-refractivity contribution in [3.63, 3.8) is 0 Å². The highest BCUT2D eigenvalue weighted by Gasteiger charge is 2.57. The van der Waals surface area contributed by atoms with Gasteiger partial charge in [0.05, 0.1) is 26.6 Å². The second-order valence-corrected chi connectivity index (χ2v) is 8.94. The van der Waals surface area contributed by atoms with Crippen LogP contribution in [-0.2, 0) is 4.74 Å². The molecule has 3 aliphatic rings. The standard InChI is InChI=1S/C19H34BNO/c1-14(2)19(20)9-7-5-6-8-17-16(11-19)10-18(12-22-13-18)21(17)15(3)4/h14-17H,5-13H2,1-4H3. The summed E-state index contributed by atoms with van der Waals surface area (Å²) in [5, 5.41) is 0.0338. The van der Waals surface area contributed by atoms with Crippen molar-refractivity contribution in [1.29, 1.82) is 0 Å². The minimum absolute atomic E-state index is 0.0338. The maximum Gasteiger partial charge on any atom is 0.0749 e. The lowest BCUT2D eigenvalue weighted by molar-refractivity contribution is -0.141. The van der Waals surface area contributed by atoms with Crippen molar-refractivity contribution in [3.8, 4) is 0 Å². The van der Waals surface area contributed by atoms with Crippen LogP contribution in [0.3, 0.4) is 0 Å². The third-order valence-corrected chi connectivity index (χ3v) is 6.82. The summed E-state index contributed by atoms with van der Waals surface area (Å²) in [7, 11) is 6.92. The molecule has 0 aromatic heterocycles. The van der Waals surface area contributed by atoms with Crippen LogP contribution in [0.2, 0.25) is 5.31 Å². The van der Waals surface area contributed by atoms with Gasteiger partial charge >= 0.3 is 0 Å². The molecule has 3 unspecified atom stereocenters. The van der Waals surface area contributed by atoms with Crippen molar-refractivity contribution < 1.29 is 4.74 Å². The third kappa shape index (κ3) is 2.77. The zero-order valence-electron chi connectivity index (χ0n) is 15.1. The quantitative estimate of drug-likeness (QED) is 0.709. The summed E-state index contributed by atoms with van der Waals surface area (Å²) in [6, 6.07) is 1.34. The third-order valence-electron chi connectivity index (χ3n) is 6.82. The smallest absolute Gasteiger partial charge is 0.0749 e. The van der Waals surface area contributed by atoms with Crippen LogP contribution in [0.25, 0.3) is 0 Å². The van der Waals surface area contributed by atoms with Crippen molar-refractivity contribution in [3.05, 3.63) is 0 Å². The first-order valence-electron chi connectivity index (χ1n) is 9.53. The SMILES string of the molecule is [B]C1(C(C)C)CCCCCC2C(C1)CC1(COC1)N2C(C)C. The molecular formula is C19H34BNO. The van der Waals surface area contributed by atoms with Gasteiger partial charge in [0, 0.05) is 12.1 Å². The fourth-order valence-electron chi connectivity index (χ4n) is 5.53. The predicted octanol–water partition coefficient (Wildman–Crippen LogP) is 4.19. The van der Waals surface area contributed by atoms with Gasteiger partial charge in [-0.05, 0) is 38.5 Å². The number of rotatable bonds is 2. The molecule has 0 bridgehead atoms. The molecule has 0 amide bonds. The molecule has 2 nitrogen and oxygen atoms in total. The molecule has 1 saturated carbocycles. The first kappa shape index (κ1) is 16.8. The van der Waals surface area contributed by atoms with Gasteiger partial charge in [-0.1, -0.05) is 51.3 Å². The number of hydrogen-bond donors (Lipinski definition) is 0. The lowest BCUT2D eigenvalue weighted by Gasteiger charge is -2.49. The summed E-state index contributed by atoms with van der Waals surface area (Å²) < 4.78 is 5.66. The molecule has 2 radical (unpaired) electrons. The average Bonchev–Trinajstić information content (AvgIpc) is 2.74. The first-order chi connectivity index (χ1) is 10.4. The Morgan fingerprint density at radius 2 is 1.77 bits per heavy atom. The Kier molecular flexibility index (Phi) is 4.69. The molecule has 3 fully saturated rings. The van der Waals surface area contributed by atoms with E-state index in [1.807, 2.05) is 0 Å². The van der Waals surface area contributed by atoms with Crippen molar-refractivity contribution in [1.82, 2.24) is 4.90 Å². The molecule has 0 N–H and O–H groups in total. The molecule has 3 atom stereocenters. The molecule has 2 saturated heterocycles. The van der Waals surface area contributed by atoms with Crippen molar-refractivity contribution in [2.75, 3.05) is 13.2 Å². The summed E-state index contributed by atoms with van der Waals surface area (Å²) in [4.78, 5) is 2.83. The maximum absolute atomic E-state index is 6.92. The topological polar surface area (TPSA) is 12.5 Å². The summed E-state index contributed by atoms with van der Waals surface area (Å²) in [6.45, 7) is 11.3. The number of hydrogen-bond acceptors (Lipinski definition) is 2. The van der Waals surface area contributed by atoms with Gasteiger partial charge < -0.3 is 4.74 Å². The van der Waals surface area contributed by atoms with E-state index in [-0.39, 0.29) is 5.31 Å². The molecule has 0 aromatic rings. The molecule has 2 heterocycles. The molecule has 3 rings (SSSR count). The van der Waals surface area contributed by atoms with E-state index in [0.717, 1.165) is 25.2 Å². The van der Waals surface area contributed by atoms with Gasteiger partial charge in [-0.25, -0.2) is 0 Å². The Morgan fingerprint density at radius 3 is 2.32 bits per heavy atom. The van der Waals surface area contributed by atoms with Gasteiger partial charge in [0.25, 0.3) is 0 Å². The van der Waals surface area contributed by atoms with E-state index in [4.69, 9.17) is 12.6 Å². The van der Waals surface area contributed by atoms with E-state index in [0.29, 0.717) is 17.5 Å². The van der Waals surface area contributed by atoms with Gasteiger partial charge in [0.1, 0.15) is 0 Å². The second-order valence-electron chi connectivity index (χ2n) is 8.94. The highest BCUT2D eigenvalue weighted by Crippen LogP contribution is 2.54. The van der Waals surface area contributed by atoms with Crippen LogP contribution in [0.1, 0.15) is 72.6 Å². The van der Waals surface area contributed by atoms with Crippen molar-refractivity contribution in [2.24, 2.45) is 11.8 Å². The van der Waals surface area contributed by atoms with Crippen LogP contribution in [0.4, 0.5) is 0 Å². The molecule has 124 valence electrons. The lowest BCUT2D eigenvalue weighted by atomic mass is 9.55. The second kappa shape index (κ2) is 6.13. The monoisotopic (exact) mass is 303 g/mol. The van der Waals surface area contributed by atoms with Crippen LogP contribution in [0.5, 0.6) is 0 Å². The van der Waals surface area contributed by atoms with E-state index in [2.05, 4.69) is 32.6 Å². The summed E-state index contributed by atoms with van der Waals surface area (Å²) in [5.74, 6) is 1.34. The van der Waals surface area contributed by atoms with Crippen LogP contribution in [-0.4, -0.2) is 43.6 Å². The zero-order valence-corrected chi connectivity index (χ0v) is 15.1. The fraction of sp³-hybridized carbons (Fsp3) is 1.00. The van der Waals surface area contributed by atoms with Gasteiger partial charge in [-0.3, -0.25) is 4.90 Å². The Labute approximate surface area is 138 Å². The van der Waals surface area contributed by atoms with Crippen LogP contribution >= 0.6 is 0 Å². The zero-order chi connectivity index (χ0) is 16.0. The largest absolute Gasteiger partial charge is 0.377 e. The summed E-state index contributed by atoms with van der Waals surface area (Å²) in [5.41, 5.74) is 0.334. The van der Waals surface area contributed by atoms with Crippen LogP contribution in [0.15, 0.2) is 0 Å². The first-order valence-corrected chi connectivity index (χ1v) is 9.53. The highest BCUT2D eigenvalue weighted by atomic mass is 16.5. The number of nitrogens with zero attached hydrogens (tertiary/aromatic N) is 1. The molecule has 1 aliphatic carbocycles. The van der Waals surface area contributed by atoms with Crippen molar-refractivity contribution in [2.45, 2.75) is 95.6 Å². The molecular weight excluding hydrogens is 269 g/mol. The molecule has 3 heteroatoms. The molecule has 0 aromatic carbocycles. The summed E-state index contributed by atoms with van der Waals surface area (Å²) in [6.07, 6.45) is 9.11. The number of fused-ring (bicyclic) bond motifs is 1. The Bertz CT molecular complexity index is 393. The number of likely N-dealkylation sites (tertiary alicyclic amines) is 1. The van der Waals surface area contributed by atoms with Crippen LogP contribution in [0, 0.1) is 11.8 Å². The Morgan fingerprint density at radius 1 is 1.05 bits per heavy atom. The highest BCUT2D eigenvalue weighted by molar-refractivity contribution is 6.15. The lowest BCUT2D eigenvalue weighted by Crippen LogP contribution is -2.62.